The molecule has 2 N–H and O–H groups in total. The molecule has 0 saturated heterocycles. The van der Waals surface area contributed by atoms with Crippen LogP contribution in [0.3, 0.4) is 0 Å². The first-order chi connectivity index (χ1) is 4.83. The Hall–Kier alpha value is -0.0000000000000000555. The zero-order chi connectivity index (χ0) is 9.07. The monoisotopic (exact) mass is 207 g/mol. The number of halogens is 4. The molecule has 0 saturated carbocycles. The fourth-order valence-electron chi connectivity index (χ4n) is 0.383. The second-order valence-electron chi connectivity index (χ2n) is 2.66. The maximum absolute atomic E-state index is 11.4. The van der Waals surface area contributed by atoms with Crippen LogP contribution in [-0.4, -0.2) is 19.0 Å². The fourth-order valence-corrected chi connectivity index (χ4v) is 0.383. The van der Waals surface area contributed by atoms with Crippen LogP contribution in [-0.2, 0) is 4.74 Å². The van der Waals surface area contributed by atoms with Crippen molar-refractivity contribution < 1.29 is 17.9 Å². The highest BCUT2D eigenvalue weighted by atomic mass is 35.5. The van der Waals surface area contributed by atoms with Gasteiger partial charge in [-0.3, -0.25) is 4.74 Å². The highest BCUT2D eigenvalue weighted by Crippen LogP contribution is 2.16. The number of ether oxygens (including phenoxy) is 1. The Morgan fingerprint density at radius 2 is 1.75 bits per heavy atom. The van der Waals surface area contributed by atoms with Crippen LogP contribution in [0.4, 0.5) is 13.2 Å². The number of alkyl halides is 3. The van der Waals surface area contributed by atoms with E-state index >= 15 is 0 Å². The SMILES string of the molecule is CC(C)[C@H](N)COC(F)(F)F.Cl. The topological polar surface area (TPSA) is 35.2 Å². The van der Waals surface area contributed by atoms with Crippen LogP contribution in [0.25, 0.3) is 0 Å². The minimum absolute atomic E-state index is 0. The lowest BCUT2D eigenvalue weighted by atomic mass is 10.1. The molecular formula is C6H13ClF3NO. The molecule has 6 heteroatoms. The van der Waals surface area contributed by atoms with Gasteiger partial charge in [-0.2, -0.15) is 0 Å². The predicted molar refractivity (Wildman–Crippen MR) is 42.1 cm³/mol. The van der Waals surface area contributed by atoms with E-state index in [4.69, 9.17) is 5.73 Å². The molecule has 0 amide bonds. The molecule has 1 atom stereocenters. The maximum atomic E-state index is 11.4. The van der Waals surface area contributed by atoms with Crippen LogP contribution < -0.4 is 5.73 Å². The first kappa shape index (κ1) is 14.5. The highest BCUT2D eigenvalue weighted by molar-refractivity contribution is 5.85. The van der Waals surface area contributed by atoms with Crippen molar-refractivity contribution in [2.45, 2.75) is 26.3 Å². The lowest BCUT2D eigenvalue weighted by molar-refractivity contribution is -0.326. The van der Waals surface area contributed by atoms with Crippen LogP contribution in [0.15, 0.2) is 0 Å². The molecule has 0 rings (SSSR count). The number of rotatable bonds is 3. The van der Waals surface area contributed by atoms with Gasteiger partial charge in [-0.05, 0) is 5.92 Å². The average molecular weight is 208 g/mol. The molecule has 0 unspecified atom stereocenters. The third-order valence-electron chi connectivity index (χ3n) is 1.30. The van der Waals surface area contributed by atoms with E-state index in [2.05, 4.69) is 4.74 Å². The van der Waals surface area contributed by atoms with Crippen molar-refractivity contribution in [2.75, 3.05) is 6.61 Å². The van der Waals surface area contributed by atoms with Crippen LogP contribution in [0.5, 0.6) is 0 Å². The molecule has 0 aromatic rings. The van der Waals surface area contributed by atoms with E-state index < -0.39 is 19.0 Å². The fraction of sp³-hybridized carbons (Fsp3) is 1.00. The third-order valence-corrected chi connectivity index (χ3v) is 1.30. The highest BCUT2D eigenvalue weighted by Gasteiger charge is 2.30. The molecule has 0 bridgehead atoms. The normalized spacial score (nSPS) is 14.2. The van der Waals surface area contributed by atoms with E-state index in [0.717, 1.165) is 0 Å². The van der Waals surface area contributed by atoms with Gasteiger partial charge < -0.3 is 5.73 Å². The van der Waals surface area contributed by atoms with Gasteiger partial charge in [-0.15, -0.1) is 25.6 Å². The molecule has 0 spiro atoms. The van der Waals surface area contributed by atoms with Gasteiger partial charge in [0.05, 0.1) is 6.61 Å². The van der Waals surface area contributed by atoms with Crippen LogP contribution in [0.1, 0.15) is 13.8 Å². The van der Waals surface area contributed by atoms with E-state index in [9.17, 15) is 13.2 Å². The molecule has 0 aliphatic carbocycles. The second kappa shape index (κ2) is 5.61. The summed E-state index contributed by atoms with van der Waals surface area (Å²) in [4.78, 5) is 0. The molecule has 0 aliphatic rings. The van der Waals surface area contributed by atoms with E-state index in [1.54, 1.807) is 13.8 Å². The summed E-state index contributed by atoms with van der Waals surface area (Å²) < 4.78 is 37.7. The molecule has 2 nitrogen and oxygen atoms in total. The van der Waals surface area contributed by atoms with Crippen LogP contribution in [0.2, 0.25) is 0 Å². The Bertz CT molecular complexity index is 118. The van der Waals surface area contributed by atoms with Gasteiger partial charge in [-0.25, -0.2) is 0 Å². The van der Waals surface area contributed by atoms with Crippen LogP contribution >= 0.6 is 12.4 Å². The van der Waals surface area contributed by atoms with Crippen molar-refractivity contribution in [1.82, 2.24) is 0 Å². The lowest BCUT2D eigenvalue weighted by Crippen LogP contribution is -2.34. The van der Waals surface area contributed by atoms with E-state index in [1.807, 2.05) is 0 Å². The molecule has 12 heavy (non-hydrogen) atoms. The summed E-state index contributed by atoms with van der Waals surface area (Å²) in [6, 6.07) is -0.559. The summed E-state index contributed by atoms with van der Waals surface area (Å²) in [5.41, 5.74) is 5.30. The standard InChI is InChI=1S/C6H12F3NO.ClH/c1-4(2)5(10)3-11-6(7,8)9;/h4-5H,3,10H2,1-2H3;1H/t5-;/m1./s1. The lowest BCUT2D eigenvalue weighted by Gasteiger charge is -2.16. The molecule has 76 valence electrons. The van der Waals surface area contributed by atoms with Crippen molar-refractivity contribution in [1.29, 1.82) is 0 Å². The van der Waals surface area contributed by atoms with E-state index in [0.29, 0.717) is 0 Å². The molecule has 0 radical (unpaired) electrons. The Balaban J connectivity index is 0. The first-order valence-electron chi connectivity index (χ1n) is 3.29. The van der Waals surface area contributed by atoms with Gasteiger partial charge in [0.1, 0.15) is 0 Å². The van der Waals surface area contributed by atoms with Gasteiger partial charge in [0.15, 0.2) is 0 Å². The van der Waals surface area contributed by atoms with Gasteiger partial charge in [0.25, 0.3) is 0 Å². The van der Waals surface area contributed by atoms with Crippen molar-refractivity contribution in [3.05, 3.63) is 0 Å². The third kappa shape index (κ3) is 8.10. The minimum atomic E-state index is -4.56. The summed E-state index contributed by atoms with van der Waals surface area (Å²) in [5.74, 6) is -0.00245. The van der Waals surface area contributed by atoms with Crippen molar-refractivity contribution in [2.24, 2.45) is 11.7 Å². The molecule has 0 aliphatic heterocycles. The molecule has 0 heterocycles. The zero-order valence-corrected chi connectivity index (χ0v) is 7.71. The average Bonchev–Trinajstić information content (AvgIpc) is 1.80. The van der Waals surface area contributed by atoms with Crippen molar-refractivity contribution >= 4 is 12.4 Å². The summed E-state index contributed by atoms with van der Waals surface area (Å²) in [6.45, 7) is 3.01. The van der Waals surface area contributed by atoms with Crippen molar-refractivity contribution in [3.8, 4) is 0 Å². The maximum Gasteiger partial charge on any atom is 0.522 e. The Morgan fingerprint density at radius 1 is 1.33 bits per heavy atom. The van der Waals surface area contributed by atoms with Gasteiger partial charge in [0, 0.05) is 6.04 Å². The van der Waals surface area contributed by atoms with E-state index in [1.165, 1.54) is 0 Å². The first-order valence-corrected chi connectivity index (χ1v) is 3.29. The summed E-state index contributed by atoms with van der Waals surface area (Å²) in [6.07, 6.45) is -4.56. The van der Waals surface area contributed by atoms with Gasteiger partial charge in [-0.1, -0.05) is 13.8 Å². The Morgan fingerprint density at radius 3 is 2.00 bits per heavy atom. The molecule has 0 aromatic heterocycles. The minimum Gasteiger partial charge on any atom is -0.325 e. The Kier molecular flexibility index (Phi) is 6.79. The summed E-state index contributed by atoms with van der Waals surface area (Å²) in [5, 5.41) is 0. The largest absolute Gasteiger partial charge is 0.522 e. The van der Waals surface area contributed by atoms with Gasteiger partial charge >= 0.3 is 6.36 Å². The molecule has 0 aromatic carbocycles. The summed E-state index contributed by atoms with van der Waals surface area (Å²) >= 11 is 0. The smallest absolute Gasteiger partial charge is 0.325 e. The molecule has 0 fully saturated rings. The van der Waals surface area contributed by atoms with Crippen LogP contribution in [0, 0.1) is 5.92 Å². The molecular weight excluding hydrogens is 195 g/mol. The Labute approximate surface area is 75.7 Å². The van der Waals surface area contributed by atoms with Crippen molar-refractivity contribution in [3.63, 3.8) is 0 Å². The number of nitrogens with two attached hydrogens (primary N) is 1. The second-order valence-corrected chi connectivity index (χ2v) is 2.66. The quantitative estimate of drug-likeness (QED) is 0.768. The van der Waals surface area contributed by atoms with E-state index in [-0.39, 0.29) is 18.3 Å². The predicted octanol–water partition coefficient (Wildman–Crippen LogP) is 1.93. The summed E-state index contributed by atoms with van der Waals surface area (Å²) in [7, 11) is 0. The number of hydrogen-bond acceptors (Lipinski definition) is 2. The zero-order valence-electron chi connectivity index (χ0n) is 6.89. The number of hydrogen-bond donors (Lipinski definition) is 1. The van der Waals surface area contributed by atoms with Gasteiger partial charge in [0.2, 0.25) is 0 Å².